The van der Waals surface area contributed by atoms with E-state index >= 15 is 0 Å². The zero-order valence-electron chi connectivity index (χ0n) is 17.6. The van der Waals surface area contributed by atoms with Crippen molar-refractivity contribution in [2.24, 2.45) is 0 Å². The number of amides is 1. The normalized spacial score (nSPS) is 20.6. The average molecular weight is 458 g/mol. The number of carbonyl (C=O) groups excluding carboxylic acids is 3. The van der Waals surface area contributed by atoms with Crippen LogP contribution in [-0.4, -0.2) is 35.0 Å². The van der Waals surface area contributed by atoms with E-state index in [4.69, 9.17) is 9.47 Å². The molecule has 7 nitrogen and oxygen atoms in total. The van der Waals surface area contributed by atoms with Gasteiger partial charge in [-0.2, -0.15) is 0 Å². The van der Waals surface area contributed by atoms with Crippen molar-refractivity contribution in [3.63, 3.8) is 0 Å². The fourth-order valence-corrected chi connectivity index (χ4v) is 3.57. The zero-order valence-corrected chi connectivity index (χ0v) is 20.7. The molecule has 2 aliphatic rings. The molecule has 2 fully saturated rings. The molecular weight excluding hydrogens is 437 g/mol. The fourth-order valence-electron chi connectivity index (χ4n) is 3.57. The molecule has 2 aromatic carbocycles. The third-order valence-electron chi connectivity index (χ3n) is 5.16. The number of nitrogens with zero attached hydrogens (tertiary/aromatic N) is 1. The van der Waals surface area contributed by atoms with Crippen molar-refractivity contribution in [3.8, 4) is 0 Å². The predicted octanol–water partition coefficient (Wildman–Crippen LogP) is -1.20. The summed E-state index contributed by atoms with van der Waals surface area (Å²) in [6, 6.07) is 17.2. The van der Waals surface area contributed by atoms with Gasteiger partial charge in [0, 0.05) is 5.57 Å². The minimum Gasteiger partial charge on any atom is -0.545 e. The molecule has 0 spiro atoms. The first-order valence-electron chi connectivity index (χ1n) is 9.89. The van der Waals surface area contributed by atoms with E-state index in [-0.39, 0.29) is 88.1 Å². The van der Waals surface area contributed by atoms with E-state index < -0.39 is 24.2 Å². The second-order valence-corrected chi connectivity index (χ2v) is 7.22. The molecule has 2 atom stereocenters. The number of carboxylic acids is 1. The SMILES string of the molecule is O=C([O-])/C(C/C=C/c1ccccc1)=C1/O[C@@H]2CC(=O)N2C1C(=O)OCc1ccccc1.[K+]. The van der Waals surface area contributed by atoms with Crippen LogP contribution in [0.3, 0.4) is 0 Å². The molecule has 0 saturated carbocycles. The molecule has 8 heteroatoms. The Bertz CT molecular complexity index is 1050. The van der Waals surface area contributed by atoms with Gasteiger partial charge in [-0.05, 0) is 17.5 Å². The number of carbonyl (C=O) groups is 3. The second kappa shape index (κ2) is 11.1. The van der Waals surface area contributed by atoms with E-state index in [1.165, 1.54) is 4.90 Å². The monoisotopic (exact) mass is 457 g/mol. The van der Waals surface area contributed by atoms with Gasteiger partial charge < -0.3 is 19.4 Å². The summed E-state index contributed by atoms with van der Waals surface area (Å²) < 4.78 is 11.0. The van der Waals surface area contributed by atoms with Gasteiger partial charge in [0.25, 0.3) is 0 Å². The number of benzene rings is 2. The third kappa shape index (κ3) is 5.39. The summed E-state index contributed by atoms with van der Waals surface area (Å²) >= 11 is 0. The molecule has 0 radical (unpaired) electrons. The van der Waals surface area contributed by atoms with Crippen LogP contribution in [0.15, 0.2) is 78.1 Å². The van der Waals surface area contributed by atoms with E-state index in [1.807, 2.05) is 48.5 Å². The van der Waals surface area contributed by atoms with Gasteiger partial charge in [-0.3, -0.25) is 9.69 Å². The third-order valence-corrected chi connectivity index (χ3v) is 5.16. The van der Waals surface area contributed by atoms with Crippen LogP contribution in [0.5, 0.6) is 0 Å². The number of fused-ring (bicyclic) bond motifs is 1. The van der Waals surface area contributed by atoms with Crippen molar-refractivity contribution < 1.29 is 80.3 Å². The topological polar surface area (TPSA) is 96.0 Å². The smallest absolute Gasteiger partial charge is 0.545 e. The van der Waals surface area contributed by atoms with Crippen LogP contribution in [0.25, 0.3) is 6.08 Å². The molecular formula is C24H20KNO6. The van der Waals surface area contributed by atoms with Crippen molar-refractivity contribution in [1.29, 1.82) is 0 Å². The van der Waals surface area contributed by atoms with E-state index in [0.29, 0.717) is 0 Å². The first kappa shape index (κ1) is 24.4. The Morgan fingerprint density at radius 2 is 1.75 bits per heavy atom. The predicted molar refractivity (Wildman–Crippen MR) is 108 cm³/mol. The van der Waals surface area contributed by atoms with Gasteiger partial charge in [-0.25, -0.2) is 4.79 Å². The first-order chi connectivity index (χ1) is 15.0. The molecule has 0 N–H and O–H groups in total. The number of β-lactam (4-membered cyclic amide) rings is 1. The largest absolute Gasteiger partial charge is 1.00 e. The fraction of sp³-hybridized carbons (Fsp3) is 0.208. The summed E-state index contributed by atoms with van der Waals surface area (Å²) in [5.41, 5.74) is 1.49. The molecule has 0 aliphatic carbocycles. The quantitative estimate of drug-likeness (QED) is 0.224. The average Bonchev–Trinajstić information content (AvgIpc) is 3.08. The van der Waals surface area contributed by atoms with E-state index in [1.54, 1.807) is 24.3 Å². The standard InChI is InChI=1S/C24H21NO6.K/c26-19-14-20-25(19)21(24(29)30-15-17-10-5-2-6-11-17)22(31-20)18(23(27)28)13-7-12-16-8-3-1-4-9-16;/h1-12,20-21H,13-15H2,(H,27,28);/q;+1/p-1/b12-7+,22-18+;/t20-,21?;/m1./s1. The molecule has 2 heterocycles. The van der Waals surface area contributed by atoms with Crippen molar-refractivity contribution in [3.05, 3.63) is 89.2 Å². The Balaban J connectivity index is 0.00000289. The van der Waals surface area contributed by atoms with Crippen LogP contribution >= 0.6 is 0 Å². The number of rotatable bonds is 7. The van der Waals surface area contributed by atoms with Gasteiger partial charge in [0.1, 0.15) is 12.4 Å². The van der Waals surface area contributed by atoms with Crippen molar-refractivity contribution in [2.45, 2.75) is 31.7 Å². The molecule has 2 aliphatic heterocycles. The van der Waals surface area contributed by atoms with Crippen LogP contribution in [-0.2, 0) is 30.5 Å². The number of hydrogen-bond acceptors (Lipinski definition) is 6. The minimum absolute atomic E-state index is 0. The maximum Gasteiger partial charge on any atom is 1.00 e. The van der Waals surface area contributed by atoms with E-state index in [9.17, 15) is 19.5 Å². The molecule has 1 unspecified atom stereocenters. The number of esters is 1. The molecule has 2 aromatic rings. The molecule has 0 aromatic heterocycles. The minimum atomic E-state index is -1.46. The van der Waals surface area contributed by atoms with Gasteiger partial charge in [-0.1, -0.05) is 72.8 Å². The van der Waals surface area contributed by atoms with E-state index in [0.717, 1.165) is 11.1 Å². The van der Waals surface area contributed by atoms with Crippen LogP contribution in [0.4, 0.5) is 0 Å². The van der Waals surface area contributed by atoms with Crippen LogP contribution in [0.1, 0.15) is 24.0 Å². The van der Waals surface area contributed by atoms with Crippen LogP contribution < -0.4 is 56.5 Å². The number of allylic oxidation sites excluding steroid dienone is 1. The summed E-state index contributed by atoms with van der Waals surface area (Å²) in [6.45, 7) is 0.00468. The molecule has 2 saturated heterocycles. The Morgan fingerprint density at radius 3 is 2.38 bits per heavy atom. The van der Waals surface area contributed by atoms with Gasteiger partial charge in [-0.15, -0.1) is 0 Å². The van der Waals surface area contributed by atoms with Crippen molar-refractivity contribution >= 4 is 23.9 Å². The van der Waals surface area contributed by atoms with E-state index in [2.05, 4.69) is 0 Å². The Kier molecular flexibility index (Phi) is 8.44. The van der Waals surface area contributed by atoms with Crippen molar-refractivity contribution in [2.75, 3.05) is 0 Å². The van der Waals surface area contributed by atoms with Crippen LogP contribution in [0.2, 0.25) is 0 Å². The molecule has 0 bridgehead atoms. The summed E-state index contributed by atoms with van der Waals surface area (Å²) in [6.07, 6.45) is 2.82. The van der Waals surface area contributed by atoms with Gasteiger partial charge >= 0.3 is 57.4 Å². The molecule has 4 rings (SSSR count). The number of aliphatic carboxylic acids is 1. The second-order valence-electron chi connectivity index (χ2n) is 7.22. The molecule has 32 heavy (non-hydrogen) atoms. The number of carboxylic acid groups (broad SMARTS) is 1. The van der Waals surface area contributed by atoms with Gasteiger partial charge in [0.2, 0.25) is 5.91 Å². The summed E-state index contributed by atoms with van der Waals surface area (Å²) in [5.74, 6) is -2.57. The maximum atomic E-state index is 12.8. The van der Waals surface area contributed by atoms with Crippen LogP contribution in [0, 0.1) is 0 Å². The Morgan fingerprint density at radius 1 is 1.09 bits per heavy atom. The first-order valence-corrected chi connectivity index (χ1v) is 9.89. The summed E-state index contributed by atoms with van der Waals surface area (Å²) in [4.78, 5) is 38.0. The molecule has 1 amide bonds. The summed E-state index contributed by atoms with van der Waals surface area (Å²) in [5, 5.41) is 11.9. The maximum absolute atomic E-state index is 12.8. The summed E-state index contributed by atoms with van der Waals surface area (Å²) in [7, 11) is 0. The Labute approximate surface area is 228 Å². The Hall–Kier alpha value is -2.23. The van der Waals surface area contributed by atoms with Gasteiger partial charge in [0.15, 0.2) is 12.3 Å². The van der Waals surface area contributed by atoms with Crippen molar-refractivity contribution in [1.82, 2.24) is 4.90 Å². The molecule has 158 valence electrons. The number of hydrogen-bond donors (Lipinski definition) is 0. The van der Waals surface area contributed by atoms with Gasteiger partial charge in [0.05, 0.1) is 12.4 Å². The zero-order chi connectivity index (χ0) is 21.8. The number of ether oxygens (including phenoxy) is 2.